The Labute approximate surface area is 592 Å². The summed E-state index contributed by atoms with van der Waals surface area (Å²) in [5, 5.41) is 85.6. The molecule has 6 aromatic carbocycles. The van der Waals surface area contributed by atoms with Crippen molar-refractivity contribution in [2.24, 2.45) is 20.5 Å². The average molecular weight is 1450 g/mol. The zero-order chi connectivity index (χ0) is 71.6. The molecule has 28 heteroatoms. The second-order valence-electron chi connectivity index (χ2n) is 23.0. The van der Waals surface area contributed by atoms with E-state index in [4.69, 9.17) is 13.9 Å². The average Bonchev–Trinajstić information content (AvgIpc) is 1.23. The van der Waals surface area contributed by atoms with Gasteiger partial charge >= 0.3 is 22.7 Å². The summed E-state index contributed by atoms with van der Waals surface area (Å²) in [6, 6.07) is 44.1. The Bertz CT molecular complexity index is 4550. The summed E-state index contributed by atoms with van der Waals surface area (Å²) in [4.78, 5) is 14.1. The van der Waals surface area contributed by atoms with E-state index in [9.17, 15) is 47.2 Å². The molecule has 3 N–H and O–H groups in total. The van der Waals surface area contributed by atoms with Crippen LogP contribution in [0.5, 0.6) is 23.3 Å². The van der Waals surface area contributed by atoms with Gasteiger partial charge < -0.3 is 44.3 Å². The van der Waals surface area contributed by atoms with Crippen LogP contribution in [0.15, 0.2) is 192 Å². The molecule has 0 saturated heterocycles. The number of aryl methyl sites for hydroxylation is 2. The smallest absolute Gasteiger partial charge is 0.871 e. The van der Waals surface area contributed by atoms with E-state index < -0.39 is 49.3 Å². The number of nitrogens with one attached hydrogen (secondary N) is 2. The Morgan fingerprint density at radius 1 is 0.600 bits per heavy atom. The molecule has 1 aliphatic carbocycles. The van der Waals surface area contributed by atoms with Gasteiger partial charge in [0.05, 0.1) is 67.8 Å². The molecule has 0 saturated carbocycles. The topological polar surface area (TPSA) is 345 Å². The van der Waals surface area contributed by atoms with Gasteiger partial charge in [-0.15, -0.1) is 10.2 Å². The number of carbonyl (C=O) groups is 1. The maximum absolute atomic E-state index is 12.7. The number of carboxylic acid groups (broad SMARTS) is 1. The van der Waals surface area contributed by atoms with E-state index in [1.807, 2.05) is 52.0 Å². The van der Waals surface area contributed by atoms with Crippen molar-refractivity contribution in [2.75, 3.05) is 57.4 Å². The van der Waals surface area contributed by atoms with Gasteiger partial charge in [0.25, 0.3) is 0 Å². The second-order valence-corrected chi connectivity index (χ2v) is 26.5. The number of hydrogen-bond donors (Lipinski definition) is 3. The van der Waals surface area contributed by atoms with Crippen molar-refractivity contribution in [3.05, 3.63) is 180 Å². The first-order valence-corrected chi connectivity index (χ1v) is 35.3. The van der Waals surface area contributed by atoms with Crippen LogP contribution >= 0.6 is 0 Å². The van der Waals surface area contributed by atoms with E-state index in [1.165, 1.54) is 21.5 Å². The van der Waals surface area contributed by atoms with Crippen LogP contribution in [0.3, 0.4) is 0 Å². The van der Waals surface area contributed by atoms with Crippen molar-refractivity contribution < 1.29 is 77.8 Å². The zero-order valence-corrected chi connectivity index (χ0v) is 59.9. The van der Waals surface area contributed by atoms with Crippen molar-refractivity contribution >= 4 is 65.4 Å². The molecule has 100 heavy (non-hydrogen) atoms. The van der Waals surface area contributed by atoms with Gasteiger partial charge in [-0.2, -0.15) is 20.4 Å². The predicted octanol–water partition coefficient (Wildman–Crippen LogP) is 11.2. The molecule has 25 nitrogen and oxygen atoms in total. The third-order valence-corrected chi connectivity index (χ3v) is 18.4. The third kappa shape index (κ3) is 19.6. The molecule has 3 heterocycles. The van der Waals surface area contributed by atoms with Crippen LogP contribution in [0, 0.1) is 13.8 Å². The summed E-state index contributed by atoms with van der Waals surface area (Å²) in [7, 11) is -7.71. The number of para-hydroxylation sites is 2. The molecule has 0 atom stereocenters. The standard InChI is InChI=1S/C28H30N2O3.2C22H27N5O5S.Co/c1-5-29(6-2)19-13-15-23-25(17-19)33-26-18-20(30(7-3)8-4)14-16-24(26)27(23)21-11-9-10-12-22(21)28(31)32;2*1-15(2)32-13-7-12-23-33(30,31)18-10-11-20(28)19(14-18)24-25-21-16(3)26-27(22(21)29)17-8-5-4-6-9-17;/h9-18H,5-8H2,1-4H3;2*4-6,8-11,14-15,23,28-29H,7,12-13H2,1-3H3;/q;;;+3/p-3. The van der Waals surface area contributed by atoms with E-state index in [-0.39, 0.29) is 80.2 Å². The molecular weight excluding hydrogens is 1360 g/mol. The van der Waals surface area contributed by atoms with Crippen LogP contribution in [0.4, 0.5) is 28.4 Å². The molecule has 0 spiro atoms. The van der Waals surface area contributed by atoms with Crippen LogP contribution in [0.1, 0.15) is 90.0 Å². The normalized spacial score (nSPS) is 11.7. The number of ether oxygens (including phenoxy) is 2. The second kappa shape index (κ2) is 35.9. The molecule has 2 aromatic heterocycles. The number of sulfonamides is 2. The first-order valence-electron chi connectivity index (χ1n) is 32.4. The van der Waals surface area contributed by atoms with Crippen molar-refractivity contribution in [2.45, 2.75) is 104 Å². The Kier molecular flexibility index (Phi) is 27.9. The number of benzene rings is 7. The van der Waals surface area contributed by atoms with Crippen LogP contribution in [-0.2, 0) is 46.3 Å². The summed E-state index contributed by atoms with van der Waals surface area (Å²) < 4.78 is 77.0. The monoisotopic (exact) mass is 1440 g/mol. The van der Waals surface area contributed by atoms with E-state index in [2.05, 4.69) is 114 Å². The third-order valence-electron chi connectivity index (χ3n) is 15.5. The van der Waals surface area contributed by atoms with Gasteiger partial charge in [-0.3, -0.25) is 0 Å². The van der Waals surface area contributed by atoms with Crippen LogP contribution in [-0.4, -0.2) is 112 Å². The first kappa shape index (κ1) is 77.7. The quantitative estimate of drug-likeness (QED) is 0.0186. The van der Waals surface area contributed by atoms with Gasteiger partial charge in [-0.05, 0) is 160 Å². The van der Waals surface area contributed by atoms with Crippen molar-refractivity contribution in [1.82, 2.24) is 33.6 Å². The number of nitrogens with zero attached hydrogens (tertiary/aromatic N) is 10. The van der Waals surface area contributed by atoms with Crippen LogP contribution in [0.25, 0.3) is 44.8 Å². The first-order chi connectivity index (χ1) is 47.4. The minimum absolute atomic E-state index is 0. The molecule has 0 fully saturated rings. The molecule has 0 unspecified atom stereocenters. The molecule has 0 bridgehead atoms. The van der Waals surface area contributed by atoms with Gasteiger partial charge in [-0.25, -0.2) is 45.0 Å². The Morgan fingerprint density at radius 3 is 1.52 bits per heavy atom. The number of carboxylic acids is 1. The molecular formula is C72H81CoN12O13S2. The Morgan fingerprint density at radius 2 is 1.07 bits per heavy atom. The molecule has 528 valence electrons. The van der Waals surface area contributed by atoms with Gasteiger partial charge in [0.2, 0.25) is 25.4 Å². The summed E-state index contributed by atoms with van der Waals surface area (Å²) in [5.41, 5.74) is 5.93. The number of fused-ring (bicyclic) bond motifs is 2. The Balaban J connectivity index is 0.000000210. The van der Waals surface area contributed by atoms with E-state index in [1.54, 1.807) is 74.5 Å². The fraction of sp³-hybridized carbons (Fsp3) is 0.306. The fourth-order valence-corrected chi connectivity index (χ4v) is 12.6. The molecule has 1 aliphatic heterocycles. The summed E-state index contributed by atoms with van der Waals surface area (Å²) >= 11 is 0. The molecule has 0 radical (unpaired) electrons. The van der Waals surface area contributed by atoms with Crippen molar-refractivity contribution in [3.8, 4) is 57.1 Å². The fourth-order valence-electron chi connectivity index (χ4n) is 10.4. The van der Waals surface area contributed by atoms with E-state index in [0.29, 0.717) is 54.4 Å². The largest absolute Gasteiger partial charge is 3.00 e. The van der Waals surface area contributed by atoms with E-state index >= 15 is 0 Å². The minimum Gasteiger partial charge on any atom is -0.871 e. The number of hydrogen-bond acceptors (Lipinski definition) is 19. The number of aromatic nitrogens is 4. The summed E-state index contributed by atoms with van der Waals surface area (Å²) in [6.45, 7) is 24.1. The minimum atomic E-state index is -3.86. The number of aromatic carboxylic acids is 1. The summed E-state index contributed by atoms with van der Waals surface area (Å²) in [5.74, 6) is -2.23. The number of rotatable bonds is 27. The van der Waals surface area contributed by atoms with Crippen molar-refractivity contribution in [3.63, 3.8) is 0 Å². The molecule has 2 aliphatic rings. The SMILES string of the molecule is CCN(CC)c1ccc2c(-c3ccccc3C(=O)O)c3ccc(=[N+](CC)CC)cc-3oc2c1.Cc1nn(-c2ccccc2)c([O-])c1N=Nc1cc(S(=O)(=O)NCCCOC(C)C)ccc1[O-].Cc1nn(-c2ccccc2)c([O-])c1N=Nc1cc(S(=O)(=O)NCCCOC(C)C)ccc1[O-].[Co+3]. The maximum Gasteiger partial charge on any atom is 3.00 e. The zero-order valence-electron chi connectivity index (χ0n) is 57.2. The van der Waals surface area contributed by atoms with Gasteiger partial charge in [0.1, 0.15) is 35.8 Å². The van der Waals surface area contributed by atoms with E-state index in [0.717, 1.165) is 89.3 Å². The maximum atomic E-state index is 12.7. The predicted molar refractivity (Wildman–Crippen MR) is 373 cm³/mol. The molecule has 10 rings (SSSR count). The van der Waals surface area contributed by atoms with Gasteiger partial charge in [0, 0.05) is 85.5 Å². The molecule has 8 aromatic rings. The number of azo groups is 2. The van der Waals surface area contributed by atoms with Crippen molar-refractivity contribution in [1.29, 1.82) is 0 Å². The Hall–Kier alpha value is -9.65. The number of anilines is 1. The summed E-state index contributed by atoms with van der Waals surface area (Å²) in [6.07, 6.45) is 1.13. The van der Waals surface area contributed by atoms with Gasteiger partial charge in [0.15, 0.2) is 0 Å². The molecule has 0 amide bonds. The van der Waals surface area contributed by atoms with Gasteiger partial charge in [-0.1, -0.05) is 78.2 Å². The van der Waals surface area contributed by atoms with Crippen LogP contribution in [0.2, 0.25) is 0 Å². The van der Waals surface area contributed by atoms with Crippen LogP contribution < -0.4 is 44.7 Å².